The molecule has 2 N–H and O–H groups in total. The molecule has 164 valence electrons. The summed E-state index contributed by atoms with van der Waals surface area (Å²) < 4.78 is 42.8. The van der Waals surface area contributed by atoms with E-state index in [4.69, 9.17) is 23.2 Å². The first kappa shape index (κ1) is 23.0. The highest BCUT2D eigenvalue weighted by Crippen LogP contribution is 2.36. The summed E-state index contributed by atoms with van der Waals surface area (Å²) >= 11 is 11.7. The zero-order valence-corrected chi connectivity index (χ0v) is 17.9. The Labute approximate surface area is 185 Å². The van der Waals surface area contributed by atoms with Crippen LogP contribution in [0.2, 0.25) is 10.0 Å². The summed E-state index contributed by atoms with van der Waals surface area (Å²) in [4.78, 5) is 24.3. The van der Waals surface area contributed by atoms with Crippen molar-refractivity contribution in [1.29, 1.82) is 0 Å². The molecule has 10 heteroatoms. The summed E-state index contributed by atoms with van der Waals surface area (Å²) in [5.74, 6) is -2.10. The van der Waals surface area contributed by atoms with E-state index in [-0.39, 0.29) is 33.4 Å². The van der Waals surface area contributed by atoms with Gasteiger partial charge in [0.2, 0.25) is 0 Å². The van der Waals surface area contributed by atoms with Crippen molar-refractivity contribution in [3.63, 3.8) is 0 Å². The number of carboxylic acid groups (broad SMARTS) is 1. The molecule has 0 fully saturated rings. The molecule has 5 nitrogen and oxygen atoms in total. The van der Waals surface area contributed by atoms with Gasteiger partial charge in [-0.2, -0.15) is 13.2 Å². The van der Waals surface area contributed by atoms with Gasteiger partial charge in [-0.25, -0.2) is 4.79 Å². The number of hydrogen-bond acceptors (Lipinski definition) is 2. The van der Waals surface area contributed by atoms with Crippen LogP contribution in [-0.2, 0) is 6.54 Å². The molecule has 0 aliphatic carbocycles. The molecule has 0 aliphatic rings. The Morgan fingerprint density at radius 1 is 1.10 bits per heavy atom. The molecule has 0 saturated carbocycles. The normalized spacial score (nSPS) is 12.7. The summed E-state index contributed by atoms with van der Waals surface area (Å²) in [5, 5.41) is 11.8. The molecule has 0 radical (unpaired) electrons. The lowest BCUT2D eigenvalue weighted by molar-refractivity contribution is -0.155. The van der Waals surface area contributed by atoms with Crippen molar-refractivity contribution in [2.24, 2.45) is 0 Å². The third-order valence-electron chi connectivity index (χ3n) is 4.85. The fraction of sp³-hybridized carbons (Fsp3) is 0.238. The Hall–Kier alpha value is -2.71. The first-order valence-corrected chi connectivity index (χ1v) is 9.88. The van der Waals surface area contributed by atoms with E-state index in [2.05, 4.69) is 0 Å². The van der Waals surface area contributed by atoms with E-state index in [9.17, 15) is 27.9 Å². The van der Waals surface area contributed by atoms with E-state index in [0.717, 1.165) is 12.1 Å². The number of nitrogens with one attached hydrogen (secondary N) is 1. The number of aromatic nitrogens is 1. The average Bonchev–Trinajstić information content (AvgIpc) is 3.00. The van der Waals surface area contributed by atoms with Gasteiger partial charge < -0.3 is 15.0 Å². The standard InChI is InChI=1S/C21H17Cl2F3N2O3/c1-3-28-16-4-10(2)15(20(30)31)7-11(16)8-17(28)19(29)27-18(21(24,25)26)12-5-13(22)9-14(23)6-12/h4-9,18H,3H2,1-2H3,(H,27,29)(H,30,31). The molecule has 1 amide bonds. The van der Waals surface area contributed by atoms with Crippen molar-refractivity contribution >= 4 is 46.0 Å². The molecule has 31 heavy (non-hydrogen) atoms. The molecule has 1 atom stereocenters. The number of amides is 1. The second-order valence-electron chi connectivity index (χ2n) is 6.96. The zero-order valence-electron chi connectivity index (χ0n) is 16.3. The number of aryl methyl sites for hydroxylation is 2. The van der Waals surface area contributed by atoms with E-state index in [0.29, 0.717) is 16.5 Å². The molecular weight excluding hydrogens is 456 g/mol. The average molecular weight is 473 g/mol. The Kier molecular flexibility index (Phi) is 6.25. The molecule has 0 saturated heterocycles. The maximum absolute atomic E-state index is 13.8. The Morgan fingerprint density at radius 2 is 1.71 bits per heavy atom. The van der Waals surface area contributed by atoms with Crippen LogP contribution >= 0.6 is 23.2 Å². The van der Waals surface area contributed by atoms with E-state index < -0.39 is 24.1 Å². The lowest BCUT2D eigenvalue weighted by Crippen LogP contribution is -2.38. The quantitative estimate of drug-likeness (QED) is 0.477. The predicted molar refractivity (Wildman–Crippen MR) is 112 cm³/mol. The molecule has 1 aromatic heterocycles. The smallest absolute Gasteiger partial charge is 0.412 e. The third kappa shape index (κ3) is 4.65. The number of carboxylic acids is 1. The lowest BCUT2D eigenvalue weighted by atomic mass is 10.1. The van der Waals surface area contributed by atoms with Crippen LogP contribution in [0.3, 0.4) is 0 Å². The van der Waals surface area contributed by atoms with Crippen LogP contribution in [0.5, 0.6) is 0 Å². The van der Waals surface area contributed by atoms with Crippen LogP contribution in [0.25, 0.3) is 10.9 Å². The monoisotopic (exact) mass is 472 g/mol. The first-order valence-electron chi connectivity index (χ1n) is 9.13. The second-order valence-corrected chi connectivity index (χ2v) is 7.83. The maximum atomic E-state index is 13.8. The topological polar surface area (TPSA) is 71.3 Å². The Morgan fingerprint density at radius 3 is 2.23 bits per heavy atom. The molecule has 3 aromatic rings. The fourth-order valence-corrected chi connectivity index (χ4v) is 4.02. The van der Waals surface area contributed by atoms with Crippen molar-refractivity contribution in [2.75, 3.05) is 0 Å². The highest BCUT2D eigenvalue weighted by Gasteiger charge is 2.42. The third-order valence-corrected chi connectivity index (χ3v) is 5.28. The molecule has 1 heterocycles. The number of rotatable bonds is 5. The number of carbonyl (C=O) groups is 2. The SMILES string of the molecule is CCn1c(C(=O)NC(c2cc(Cl)cc(Cl)c2)C(F)(F)F)cc2cc(C(=O)O)c(C)cc21. The largest absolute Gasteiger partial charge is 0.478 e. The molecular formula is C21H17Cl2F3N2O3. The van der Waals surface area contributed by atoms with Crippen molar-refractivity contribution in [1.82, 2.24) is 9.88 Å². The van der Waals surface area contributed by atoms with Crippen molar-refractivity contribution in [3.05, 3.63) is 68.8 Å². The van der Waals surface area contributed by atoms with Gasteiger partial charge in [0.15, 0.2) is 6.04 Å². The molecule has 2 aromatic carbocycles. The van der Waals surface area contributed by atoms with Crippen molar-refractivity contribution in [2.45, 2.75) is 32.6 Å². The molecule has 0 aliphatic heterocycles. The van der Waals surface area contributed by atoms with Gasteiger partial charge in [0, 0.05) is 27.5 Å². The number of fused-ring (bicyclic) bond motifs is 1. The number of carbonyl (C=O) groups excluding carboxylic acids is 1. The van der Waals surface area contributed by atoms with Crippen LogP contribution in [0.1, 0.15) is 44.9 Å². The van der Waals surface area contributed by atoms with Gasteiger partial charge >= 0.3 is 12.1 Å². The molecule has 3 rings (SSSR count). The summed E-state index contributed by atoms with van der Waals surface area (Å²) in [6.45, 7) is 3.63. The number of nitrogens with zero attached hydrogens (tertiary/aromatic N) is 1. The van der Waals surface area contributed by atoms with E-state index in [1.54, 1.807) is 19.9 Å². The van der Waals surface area contributed by atoms with Gasteiger partial charge in [-0.3, -0.25) is 4.79 Å². The Bertz CT molecular complexity index is 1170. The van der Waals surface area contributed by atoms with Crippen LogP contribution in [0.4, 0.5) is 13.2 Å². The summed E-state index contributed by atoms with van der Waals surface area (Å²) in [5.41, 5.74) is 0.740. The van der Waals surface area contributed by atoms with Crippen LogP contribution in [0, 0.1) is 6.92 Å². The summed E-state index contributed by atoms with van der Waals surface area (Å²) in [6.07, 6.45) is -4.81. The second kappa shape index (κ2) is 8.43. The van der Waals surface area contributed by atoms with Gasteiger partial charge in [-0.05, 0) is 61.4 Å². The predicted octanol–water partition coefficient (Wildman–Crippen LogP) is 6.01. The summed E-state index contributed by atoms with van der Waals surface area (Å²) in [7, 11) is 0. The fourth-order valence-electron chi connectivity index (χ4n) is 3.47. The van der Waals surface area contributed by atoms with Gasteiger partial charge in [-0.1, -0.05) is 23.2 Å². The van der Waals surface area contributed by atoms with Gasteiger partial charge in [-0.15, -0.1) is 0 Å². The molecule has 0 spiro atoms. The highest BCUT2D eigenvalue weighted by molar-refractivity contribution is 6.34. The molecule has 1 unspecified atom stereocenters. The Balaban J connectivity index is 2.07. The van der Waals surface area contributed by atoms with E-state index in [1.165, 1.54) is 22.8 Å². The zero-order chi connectivity index (χ0) is 23.1. The van der Waals surface area contributed by atoms with Crippen molar-refractivity contribution in [3.8, 4) is 0 Å². The number of alkyl halides is 3. The number of halogens is 5. The van der Waals surface area contributed by atoms with Crippen LogP contribution < -0.4 is 5.32 Å². The maximum Gasteiger partial charge on any atom is 0.412 e. The lowest BCUT2D eigenvalue weighted by Gasteiger charge is -2.23. The van der Waals surface area contributed by atoms with Crippen molar-refractivity contribution < 1.29 is 27.9 Å². The van der Waals surface area contributed by atoms with Gasteiger partial charge in [0.25, 0.3) is 5.91 Å². The van der Waals surface area contributed by atoms with Crippen LogP contribution in [0.15, 0.2) is 36.4 Å². The molecule has 0 bridgehead atoms. The first-order chi connectivity index (χ1) is 14.4. The number of hydrogen-bond donors (Lipinski definition) is 2. The minimum absolute atomic E-state index is 0.00495. The number of aromatic carboxylic acids is 1. The number of benzene rings is 2. The summed E-state index contributed by atoms with van der Waals surface area (Å²) in [6, 6.07) is 5.49. The van der Waals surface area contributed by atoms with Gasteiger partial charge in [0.1, 0.15) is 5.69 Å². The minimum atomic E-state index is -4.81. The van der Waals surface area contributed by atoms with E-state index >= 15 is 0 Å². The highest BCUT2D eigenvalue weighted by atomic mass is 35.5. The van der Waals surface area contributed by atoms with Crippen LogP contribution in [-0.4, -0.2) is 27.7 Å². The van der Waals surface area contributed by atoms with E-state index in [1.807, 2.05) is 5.32 Å². The van der Waals surface area contributed by atoms with Gasteiger partial charge in [0.05, 0.1) is 5.56 Å². The minimum Gasteiger partial charge on any atom is -0.478 e.